The molecule has 2 aromatic rings. The number of aromatic nitrogens is 2. The van der Waals surface area contributed by atoms with Gasteiger partial charge in [-0.05, 0) is 38.9 Å². The van der Waals surface area contributed by atoms with Gasteiger partial charge in [0.1, 0.15) is 0 Å². The highest BCUT2D eigenvalue weighted by Crippen LogP contribution is 2.08. The van der Waals surface area contributed by atoms with Crippen LogP contribution in [0, 0.1) is 0 Å². The fourth-order valence-corrected chi connectivity index (χ4v) is 2.67. The summed E-state index contributed by atoms with van der Waals surface area (Å²) in [6, 6.07) is 13.0. The second-order valence-electron chi connectivity index (χ2n) is 6.49. The quantitative estimate of drug-likeness (QED) is 0.507. The Labute approximate surface area is 157 Å². The van der Waals surface area contributed by atoms with E-state index in [9.17, 15) is 0 Å². The first kappa shape index (κ1) is 20.0. The molecular formula is C20H32N6. The van der Waals surface area contributed by atoms with Gasteiger partial charge in [-0.1, -0.05) is 30.3 Å². The summed E-state index contributed by atoms with van der Waals surface area (Å²) >= 11 is 0. The zero-order valence-corrected chi connectivity index (χ0v) is 16.2. The maximum absolute atomic E-state index is 4.70. The Morgan fingerprint density at radius 3 is 2.73 bits per heavy atom. The van der Waals surface area contributed by atoms with Gasteiger partial charge in [0.25, 0.3) is 0 Å². The predicted molar refractivity (Wildman–Crippen MR) is 108 cm³/mol. The summed E-state index contributed by atoms with van der Waals surface area (Å²) in [5, 5.41) is 10.9. The Bertz CT molecular complexity index is 623. The number of hydrogen-bond donors (Lipinski definition) is 2. The molecule has 6 heteroatoms. The molecule has 2 N–H and O–H groups in total. The summed E-state index contributed by atoms with van der Waals surface area (Å²) in [4.78, 5) is 7.08. The molecule has 1 unspecified atom stereocenters. The average Bonchev–Trinajstić information content (AvgIpc) is 3.16. The highest BCUT2D eigenvalue weighted by molar-refractivity contribution is 5.79. The van der Waals surface area contributed by atoms with Gasteiger partial charge in [0.15, 0.2) is 5.96 Å². The highest BCUT2D eigenvalue weighted by atomic mass is 15.3. The van der Waals surface area contributed by atoms with Crippen molar-refractivity contribution in [2.75, 3.05) is 26.7 Å². The van der Waals surface area contributed by atoms with Crippen molar-refractivity contribution in [1.29, 1.82) is 0 Å². The van der Waals surface area contributed by atoms with Crippen molar-refractivity contribution in [3.63, 3.8) is 0 Å². The van der Waals surface area contributed by atoms with Crippen LogP contribution < -0.4 is 10.6 Å². The first-order valence-corrected chi connectivity index (χ1v) is 9.42. The Morgan fingerprint density at radius 2 is 2.04 bits per heavy atom. The molecule has 2 rings (SSSR count). The van der Waals surface area contributed by atoms with E-state index in [4.69, 9.17) is 4.99 Å². The zero-order valence-electron chi connectivity index (χ0n) is 16.2. The van der Waals surface area contributed by atoms with Gasteiger partial charge in [0.2, 0.25) is 0 Å². The molecule has 6 nitrogen and oxygen atoms in total. The first-order valence-electron chi connectivity index (χ1n) is 9.42. The number of guanidine groups is 1. The predicted octanol–water partition coefficient (Wildman–Crippen LogP) is 2.35. The van der Waals surface area contributed by atoms with Crippen molar-refractivity contribution in [1.82, 2.24) is 25.3 Å². The van der Waals surface area contributed by atoms with Gasteiger partial charge in [0.05, 0.1) is 6.54 Å². The van der Waals surface area contributed by atoms with E-state index in [0.717, 1.165) is 45.1 Å². The standard InChI is InChI=1S/C20H32N6/c1-4-21-20(23-14-16-26-15-8-12-24-26)22-13-11-18(2)25(3)17-19-9-6-5-7-10-19/h5-10,12,15,18H,4,11,13-14,16-17H2,1-3H3,(H2,21,22,23). The van der Waals surface area contributed by atoms with Crippen LogP contribution in [0.25, 0.3) is 0 Å². The SMILES string of the molecule is CCNC(=NCCC(C)N(C)Cc1ccccc1)NCCn1cccn1. The number of nitrogens with zero attached hydrogens (tertiary/aromatic N) is 4. The summed E-state index contributed by atoms with van der Waals surface area (Å²) in [6.07, 6.45) is 4.79. The number of hydrogen-bond acceptors (Lipinski definition) is 3. The fourth-order valence-electron chi connectivity index (χ4n) is 2.67. The summed E-state index contributed by atoms with van der Waals surface area (Å²) in [6.45, 7) is 8.60. The van der Waals surface area contributed by atoms with E-state index in [2.05, 4.69) is 71.9 Å². The first-order chi connectivity index (χ1) is 12.7. The van der Waals surface area contributed by atoms with Crippen molar-refractivity contribution >= 4 is 5.96 Å². The topological polar surface area (TPSA) is 57.5 Å². The number of nitrogens with one attached hydrogen (secondary N) is 2. The van der Waals surface area contributed by atoms with Gasteiger partial charge in [-0.2, -0.15) is 5.10 Å². The molecule has 0 spiro atoms. The monoisotopic (exact) mass is 356 g/mol. The second kappa shape index (κ2) is 11.3. The molecule has 0 saturated heterocycles. The van der Waals surface area contributed by atoms with Crippen molar-refractivity contribution in [3.8, 4) is 0 Å². The maximum atomic E-state index is 4.70. The highest BCUT2D eigenvalue weighted by Gasteiger charge is 2.09. The van der Waals surface area contributed by atoms with Gasteiger partial charge in [-0.25, -0.2) is 0 Å². The van der Waals surface area contributed by atoms with Crippen LogP contribution in [0.2, 0.25) is 0 Å². The van der Waals surface area contributed by atoms with Crippen LogP contribution in [0.4, 0.5) is 0 Å². The van der Waals surface area contributed by atoms with Crippen LogP contribution in [-0.4, -0.2) is 53.4 Å². The third kappa shape index (κ3) is 7.27. The van der Waals surface area contributed by atoms with Gasteiger partial charge in [0, 0.05) is 44.6 Å². The lowest BCUT2D eigenvalue weighted by atomic mass is 10.1. The number of aliphatic imine (C=N–C) groups is 1. The van der Waals surface area contributed by atoms with E-state index in [-0.39, 0.29) is 0 Å². The number of benzene rings is 1. The summed E-state index contributed by atoms with van der Waals surface area (Å²) in [5.74, 6) is 0.873. The van der Waals surface area contributed by atoms with Crippen LogP contribution in [0.5, 0.6) is 0 Å². The van der Waals surface area contributed by atoms with Gasteiger partial charge < -0.3 is 10.6 Å². The Balaban J connectivity index is 1.73. The van der Waals surface area contributed by atoms with Crippen LogP contribution in [0.15, 0.2) is 53.8 Å². The molecule has 1 atom stereocenters. The minimum atomic E-state index is 0.478. The molecule has 0 amide bonds. The van der Waals surface area contributed by atoms with Crippen molar-refractivity contribution in [2.24, 2.45) is 4.99 Å². The molecule has 0 aliphatic rings. The third-order valence-corrected chi connectivity index (χ3v) is 4.38. The van der Waals surface area contributed by atoms with E-state index < -0.39 is 0 Å². The molecule has 0 aliphatic carbocycles. The minimum absolute atomic E-state index is 0.478. The van der Waals surface area contributed by atoms with E-state index in [1.54, 1.807) is 6.20 Å². The zero-order chi connectivity index (χ0) is 18.6. The summed E-state index contributed by atoms with van der Waals surface area (Å²) in [5.41, 5.74) is 1.35. The summed E-state index contributed by atoms with van der Waals surface area (Å²) in [7, 11) is 2.18. The second-order valence-corrected chi connectivity index (χ2v) is 6.49. The van der Waals surface area contributed by atoms with Gasteiger partial charge in [-0.3, -0.25) is 14.6 Å². The van der Waals surface area contributed by atoms with E-state index in [1.807, 2.05) is 16.9 Å². The average molecular weight is 357 g/mol. The van der Waals surface area contributed by atoms with Crippen molar-refractivity contribution in [2.45, 2.75) is 39.4 Å². The Kier molecular flexibility index (Phi) is 8.69. The van der Waals surface area contributed by atoms with Gasteiger partial charge >= 0.3 is 0 Å². The Morgan fingerprint density at radius 1 is 1.23 bits per heavy atom. The largest absolute Gasteiger partial charge is 0.357 e. The van der Waals surface area contributed by atoms with Crippen LogP contribution in [0.3, 0.4) is 0 Å². The molecular weight excluding hydrogens is 324 g/mol. The normalized spacial score (nSPS) is 13.0. The molecule has 0 bridgehead atoms. The molecule has 1 aromatic heterocycles. The third-order valence-electron chi connectivity index (χ3n) is 4.38. The lowest BCUT2D eigenvalue weighted by Gasteiger charge is -2.24. The van der Waals surface area contributed by atoms with Gasteiger partial charge in [-0.15, -0.1) is 0 Å². The molecule has 1 heterocycles. The van der Waals surface area contributed by atoms with Crippen LogP contribution in [0.1, 0.15) is 25.8 Å². The van der Waals surface area contributed by atoms with E-state index in [1.165, 1.54) is 5.56 Å². The van der Waals surface area contributed by atoms with Crippen molar-refractivity contribution < 1.29 is 0 Å². The smallest absolute Gasteiger partial charge is 0.191 e. The molecule has 0 saturated carbocycles. The molecule has 0 fully saturated rings. The minimum Gasteiger partial charge on any atom is -0.357 e. The fraction of sp³-hybridized carbons (Fsp3) is 0.500. The van der Waals surface area contributed by atoms with Crippen molar-refractivity contribution in [3.05, 3.63) is 54.4 Å². The molecule has 142 valence electrons. The van der Waals surface area contributed by atoms with E-state index in [0.29, 0.717) is 6.04 Å². The maximum Gasteiger partial charge on any atom is 0.191 e. The summed E-state index contributed by atoms with van der Waals surface area (Å²) < 4.78 is 1.91. The molecule has 1 aromatic carbocycles. The molecule has 26 heavy (non-hydrogen) atoms. The van der Waals surface area contributed by atoms with Crippen LogP contribution in [-0.2, 0) is 13.1 Å². The Hall–Kier alpha value is -2.34. The molecule has 0 aliphatic heterocycles. The van der Waals surface area contributed by atoms with Crippen LogP contribution >= 0.6 is 0 Å². The lowest BCUT2D eigenvalue weighted by molar-refractivity contribution is 0.240. The lowest BCUT2D eigenvalue weighted by Crippen LogP contribution is -2.39. The molecule has 0 radical (unpaired) electrons. The van der Waals surface area contributed by atoms with E-state index >= 15 is 0 Å². The number of rotatable bonds is 10.